The fourth-order valence-corrected chi connectivity index (χ4v) is 1.87. The van der Waals surface area contributed by atoms with Gasteiger partial charge in [0.25, 0.3) is 5.95 Å². The molecular formula is C16H12N2O2. The van der Waals surface area contributed by atoms with Crippen LogP contribution in [0, 0.1) is 0 Å². The van der Waals surface area contributed by atoms with E-state index in [0.29, 0.717) is 5.56 Å². The number of rotatable bonds is 3. The average molecular weight is 264 g/mol. The Morgan fingerprint density at radius 1 is 0.800 bits per heavy atom. The first-order chi connectivity index (χ1) is 9.83. The van der Waals surface area contributed by atoms with Crippen molar-refractivity contribution in [3.63, 3.8) is 0 Å². The van der Waals surface area contributed by atoms with Gasteiger partial charge in [-0.2, -0.15) is 0 Å². The molecule has 0 unspecified atom stereocenters. The van der Waals surface area contributed by atoms with Crippen LogP contribution in [-0.2, 0) is 0 Å². The molecule has 1 heterocycles. The maximum Gasteiger partial charge on any atom is 0.284 e. The quantitative estimate of drug-likeness (QED) is 0.671. The van der Waals surface area contributed by atoms with E-state index in [9.17, 15) is 5.11 Å². The Kier molecular flexibility index (Phi) is 3.29. The van der Waals surface area contributed by atoms with E-state index in [2.05, 4.69) is 10.2 Å². The lowest BCUT2D eigenvalue weighted by molar-refractivity contribution is 0.336. The summed E-state index contributed by atoms with van der Waals surface area (Å²) < 4.78 is 5.19. The molecule has 0 atom stereocenters. The predicted octanol–water partition coefficient (Wildman–Crippen LogP) is 5.07. The van der Waals surface area contributed by atoms with Crippen molar-refractivity contribution in [1.82, 2.24) is 0 Å². The summed E-state index contributed by atoms with van der Waals surface area (Å²) in [5.41, 5.74) is 2.35. The van der Waals surface area contributed by atoms with Gasteiger partial charge in [-0.3, -0.25) is 0 Å². The summed E-state index contributed by atoms with van der Waals surface area (Å²) in [6, 6.07) is 20.5. The second-order valence-electron chi connectivity index (χ2n) is 4.21. The monoisotopic (exact) mass is 264 g/mol. The Morgan fingerprint density at radius 3 is 2.15 bits per heavy atom. The van der Waals surface area contributed by atoms with Gasteiger partial charge in [0.05, 0.1) is 11.3 Å². The van der Waals surface area contributed by atoms with Crippen LogP contribution in [0.1, 0.15) is 0 Å². The summed E-state index contributed by atoms with van der Waals surface area (Å²) in [4.78, 5) is 0. The topological polar surface area (TPSA) is 58.1 Å². The molecule has 1 N–H and O–H groups in total. The number of aromatic hydroxyl groups is 1. The number of benzene rings is 2. The Bertz CT molecular complexity index is 719. The minimum atomic E-state index is -0.175. The fourth-order valence-electron chi connectivity index (χ4n) is 1.87. The summed E-state index contributed by atoms with van der Waals surface area (Å²) in [6.07, 6.45) is 0. The molecule has 4 heteroatoms. The van der Waals surface area contributed by atoms with Gasteiger partial charge in [0, 0.05) is 6.07 Å². The minimum absolute atomic E-state index is 0.175. The van der Waals surface area contributed by atoms with Gasteiger partial charge in [-0.25, -0.2) is 0 Å². The number of nitrogens with zero attached hydrogens (tertiary/aromatic N) is 2. The molecule has 0 aliphatic rings. The zero-order valence-corrected chi connectivity index (χ0v) is 10.6. The molecule has 1 aromatic heterocycles. The van der Waals surface area contributed by atoms with Gasteiger partial charge in [-0.15, -0.1) is 10.2 Å². The standard InChI is InChI=1S/C16H12N2O2/c19-15-11-14(12-7-3-1-4-8-12)16(20-15)18-17-13-9-5-2-6-10-13/h1-11,19H. The molecule has 2 aromatic carbocycles. The summed E-state index contributed by atoms with van der Waals surface area (Å²) in [7, 11) is 0. The first-order valence-electron chi connectivity index (χ1n) is 6.18. The Hall–Kier alpha value is -2.88. The van der Waals surface area contributed by atoms with Crippen LogP contribution in [0.3, 0.4) is 0 Å². The summed E-state index contributed by atoms with van der Waals surface area (Å²) in [5.74, 6) is 0.114. The Labute approximate surface area is 116 Å². The van der Waals surface area contributed by atoms with Crippen molar-refractivity contribution in [3.05, 3.63) is 66.7 Å². The minimum Gasteiger partial charge on any atom is -0.481 e. The van der Waals surface area contributed by atoms with Crippen LogP contribution in [0.4, 0.5) is 11.6 Å². The maximum atomic E-state index is 9.52. The highest BCUT2D eigenvalue weighted by molar-refractivity contribution is 5.73. The lowest BCUT2D eigenvalue weighted by Gasteiger charge is -1.96. The van der Waals surface area contributed by atoms with Crippen molar-refractivity contribution in [3.8, 4) is 17.1 Å². The van der Waals surface area contributed by atoms with Crippen molar-refractivity contribution >= 4 is 11.6 Å². The molecule has 0 fully saturated rings. The number of azo groups is 1. The van der Waals surface area contributed by atoms with Crippen LogP contribution in [0.2, 0.25) is 0 Å². The first-order valence-corrected chi connectivity index (χ1v) is 6.18. The van der Waals surface area contributed by atoms with E-state index in [1.165, 1.54) is 6.07 Å². The van der Waals surface area contributed by atoms with E-state index < -0.39 is 0 Å². The van der Waals surface area contributed by atoms with Crippen LogP contribution in [0.5, 0.6) is 5.95 Å². The molecule has 0 radical (unpaired) electrons. The average Bonchev–Trinajstić information content (AvgIpc) is 2.88. The second kappa shape index (κ2) is 5.40. The van der Waals surface area contributed by atoms with Crippen molar-refractivity contribution in [2.75, 3.05) is 0 Å². The molecule has 3 aromatic rings. The van der Waals surface area contributed by atoms with Crippen molar-refractivity contribution in [2.45, 2.75) is 0 Å². The number of hydrogen-bond acceptors (Lipinski definition) is 4. The van der Waals surface area contributed by atoms with Crippen LogP contribution < -0.4 is 0 Å². The summed E-state index contributed by atoms with van der Waals surface area (Å²) in [6.45, 7) is 0. The molecule has 0 saturated heterocycles. The van der Waals surface area contributed by atoms with Crippen LogP contribution in [-0.4, -0.2) is 5.11 Å². The third kappa shape index (κ3) is 2.59. The van der Waals surface area contributed by atoms with Crippen molar-refractivity contribution < 1.29 is 9.52 Å². The molecule has 3 rings (SSSR count). The molecule has 0 aliphatic carbocycles. The molecule has 20 heavy (non-hydrogen) atoms. The summed E-state index contributed by atoms with van der Waals surface area (Å²) in [5, 5.41) is 17.7. The predicted molar refractivity (Wildman–Crippen MR) is 76.4 cm³/mol. The highest BCUT2D eigenvalue weighted by Crippen LogP contribution is 2.37. The summed E-state index contributed by atoms with van der Waals surface area (Å²) >= 11 is 0. The molecule has 4 nitrogen and oxygen atoms in total. The van der Waals surface area contributed by atoms with E-state index in [1.54, 1.807) is 0 Å². The number of hydrogen-bond donors (Lipinski definition) is 1. The zero-order valence-electron chi connectivity index (χ0n) is 10.6. The van der Waals surface area contributed by atoms with E-state index in [0.717, 1.165) is 11.3 Å². The van der Waals surface area contributed by atoms with Gasteiger partial charge in [0.15, 0.2) is 0 Å². The molecule has 0 spiro atoms. The van der Waals surface area contributed by atoms with Gasteiger partial charge in [0.2, 0.25) is 5.88 Å². The Balaban J connectivity index is 1.97. The van der Waals surface area contributed by atoms with Gasteiger partial charge in [-0.05, 0) is 17.7 Å². The fraction of sp³-hybridized carbons (Fsp3) is 0. The van der Waals surface area contributed by atoms with E-state index in [1.807, 2.05) is 60.7 Å². The van der Waals surface area contributed by atoms with E-state index in [4.69, 9.17) is 4.42 Å². The van der Waals surface area contributed by atoms with Gasteiger partial charge >= 0.3 is 0 Å². The molecule has 0 amide bonds. The number of furan rings is 1. The highest BCUT2D eigenvalue weighted by Gasteiger charge is 2.11. The molecular weight excluding hydrogens is 252 g/mol. The normalized spacial score (nSPS) is 11.0. The van der Waals surface area contributed by atoms with Crippen molar-refractivity contribution in [2.24, 2.45) is 10.2 Å². The van der Waals surface area contributed by atoms with Crippen LogP contribution in [0.25, 0.3) is 11.1 Å². The van der Waals surface area contributed by atoms with Gasteiger partial charge in [-0.1, -0.05) is 48.5 Å². The van der Waals surface area contributed by atoms with E-state index in [-0.39, 0.29) is 11.8 Å². The second-order valence-corrected chi connectivity index (χ2v) is 4.21. The molecule has 0 saturated carbocycles. The lowest BCUT2D eigenvalue weighted by Crippen LogP contribution is -1.72. The maximum absolute atomic E-state index is 9.52. The Morgan fingerprint density at radius 2 is 1.45 bits per heavy atom. The first kappa shape index (κ1) is 12.2. The van der Waals surface area contributed by atoms with E-state index >= 15 is 0 Å². The van der Waals surface area contributed by atoms with Crippen LogP contribution >= 0.6 is 0 Å². The molecule has 0 aliphatic heterocycles. The third-order valence-corrected chi connectivity index (χ3v) is 2.80. The smallest absolute Gasteiger partial charge is 0.284 e. The SMILES string of the molecule is Oc1cc(-c2ccccc2)c(N=Nc2ccccc2)o1. The lowest BCUT2D eigenvalue weighted by atomic mass is 10.1. The van der Waals surface area contributed by atoms with Crippen LogP contribution in [0.15, 0.2) is 81.4 Å². The third-order valence-electron chi connectivity index (χ3n) is 2.80. The largest absolute Gasteiger partial charge is 0.481 e. The highest BCUT2D eigenvalue weighted by atomic mass is 16.5. The molecule has 0 bridgehead atoms. The van der Waals surface area contributed by atoms with Crippen molar-refractivity contribution in [1.29, 1.82) is 0 Å². The molecule has 98 valence electrons. The van der Waals surface area contributed by atoms with Gasteiger partial charge in [0.1, 0.15) is 0 Å². The zero-order chi connectivity index (χ0) is 13.8. The van der Waals surface area contributed by atoms with Gasteiger partial charge < -0.3 is 9.52 Å².